The topological polar surface area (TPSA) is 103 Å². The molecule has 1 amide bonds. The zero-order chi connectivity index (χ0) is 16.2. The number of carbonyl (C=O) groups excluding carboxylic acids is 1. The van der Waals surface area contributed by atoms with Gasteiger partial charge in [-0.2, -0.15) is 5.10 Å². The molecule has 0 radical (unpaired) electrons. The van der Waals surface area contributed by atoms with Crippen molar-refractivity contribution >= 4 is 17.3 Å². The zero-order valence-electron chi connectivity index (χ0n) is 11.8. The number of carbonyl (C=O) groups is 1. The predicted octanol–water partition coefficient (Wildman–Crippen LogP) is 2.43. The van der Waals surface area contributed by atoms with Crippen LogP contribution in [0.15, 0.2) is 61.1 Å². The third-order valence-corrected chi connectivity index (χ3v) is 3.10. The van der Waals surface area contributed by atoms with E-state index in [4.69, 9.17) is 0 Å². The summed E-state index contributed by atoms with van der Waals surface area (Å²) in [5.74, 6) is -0.164. The Kier molecular flexibility index (Phi) is 3.79. The van der Waals surface area contributed by atoms with E-state index in [1.165, 1.54) is 22.9 Å². The van der Waals surface area contributed by atoms with E-state index in [9.17, 15) is 14.9 Å². The zero-order valence-corrected chi connectivity index (χ0v) is 11.8. The maximum Gasteiger partial charge on any atom is 0.282 e. The Morgan fingerprint density at radius 2 is 1.96 bits per heavy atom. The molecule has 1 N–H and O–H groups in total. The van der Waals surface area contributed by atoms with Gasteiger partial charge in [0.1, 0.15) is 5.56 Å². The van der Waals surface area contributed by atoms with Crippen LogP contribution in [0.1, 0.15) is 10.4 Å². The highest BCUT2D eigenvalue weighted by Gasteiger charge is 2.20. The van der Waals surface area contributed by atoms with Gasteiger partial charge in [0, 0.05) is 24.7 Å². The Balaban J connectivity index is 1.95. The molecule has 0 unspecified atom stereocenters. The van der Waals surface area contributed by atoms with Crippen molar-refractivity contribution in [3.05, 3.63) is 76.7 Å². The quantitative estimate of drug-likeness (QED) is 0.589. The van der Waals surface area contributed by atoms with E-state index in [0.717, 1.165) is 0 Å². The number of amides is 1. The minimum absolute atomic E-state index is 0.0206. The van der Waals surface area contributed by atoms with Gasteiger partial charge in [-0.25, -0.2) is 9.67 Å². The molecule has 0 saturated carbocycles. The summed E-state index contributed by atoms with van der Waals surface area (Å²) in [4.78, 5) is 27.0. The second-order valence-corrected chi connectivity index (χ2v) is 4.55. The number of aromatic nitrogens is 3. The Morgan fingerprint density at radius 3 is 2.70 bits per heavy atom. The van der Waals surface area contributed by atoms with Crippen molar-refractivity contribution in [3.8, 4) is 5.82 Å². The number of para-hydroxylation sites is 1. The first-order valence-electron chi connectivity index (χ1n) is 6.66. The van der Waals surface area contributed by atoms with Gasteiger partial charge in [0.2, 0.25) is 0 Å². The fourth-order valence-corrected chi connectivity index (χ4v) is 2.09. The van der Waals surface area contributed by atoms with Crippen LogP contribution in [0.25, 0.3) is 5.82 Å². The number of anilines is 1. The summed E-state index contributed by atoms with van der Waals surface area (Å²) in [7, 11) is 0. The minimum atomic E-state index is -0.591. The molecule has 0 spiro atoms. The first-order valence-corrected chi connectivity index (χ1v) is 6.66. The highest BCUT2D eigenvalue weighted by molar-refractivity contribution is 6.07. The molecule has 0 fully saturated rings. The van der Waals surface area contributed by atoms with Crippen LogP contribution in [0.3, 0.4) is 0 Å². The fourth-order valence-electron chi connectivity index (χ4n) is 2.09. The first kappa shape index (κ1) is 14.4. The van der Waals surface area contributed by atoms with Crippen molar-refractivity contribution in [2.24, 2.45) is 0 Å². The predicted molar refractivity (Wildman–Crippen MR) is 82.4 cm³/mol. The summed E-state index contributed by atoms with van der Waals surface area (Å²) in [6, 6.07) is 10.8. The summed E-state index contributed by atoms with van der Waals surface area (Å²) < 4.78 is 1.50. The van der Waals surface area contributed by atoms with Crippen molar-refractivity contribution in [1.82, 2.24) is 14.8 Å². The molecule has 0 bridgehead atoms. The average molecular weight is 309 g/mol. The number of pyridine rings is 1. The van der Waals surface area contributed by atoms with Crippen molar-refractivity contribution in [2.75, 3.05) is 5.32 Å². The number of nitrogens with zero attached hydrogens (tertiary/aromatic N) is 4. The number of nitrogens with one attached hydrogen (secondary N) is 1. The largest absolute Gasteiger partial charge is 0.319 e. The van der Waals surface area contributed by atoms with E-state index in [1.807, 2.05) is 0 Å². The van der Waals surface area contributed by atoms with Gasteiger partial charge in [0.25, 0.3) is 11.6 Å². The lowest BCUT2D eigenvalue weighted by Crippen LogP contribution is -2.16. The second kappa shape index (κ2) is 6.06. The van der Waals surface area contributed by atoms with Crippen LogP contribution in [-0.2, 0) is 0 Å². The number of benzene rings is 1. The van der Waals surface area contributed by atoms with E-state index in [0.29, 0.717) is 11.5 Å². The van der Waals surface area contributed by atoms with Crippen LogP contribution in [0.5, 0.6) is 0 Å². The fraction of sp³-hybridized carbons (Fsp3) is 0. The molecule has 8 nitrogen and oxygen atoms in total. The Bertz CT molecular complexity index is 861. The molecule has 0 aliphatic heterocycles. The summed E-state index contributed by atoms with van der Waals surface area (Å²) in [6.07, 6.45) is 4.84. The van der Waals surface area contributed by atoms with Crippen molar-refractivity contribution in [1.29, 1.82) is 0 Å². The number of rotatable bonds is 4. The Hall–Kier alpha value is -3.55. The van der Waals surface area contributed by atoms with Gasteiger partial charge in [-0.3, -0.25) is 14.9 Å². The van der Waals surface area contributed by atoms with Crippen molar-refractivity contribution in [2.45, 2.75) is 0 Å². The molecule has 114 valence electrons. The SMILES string of the molecule is O=C(Nc1cccnc1-n1cccn1)c1ccccc1[N+](=O)[O-]. The third-order valence-electron chi connectivity index (χ3n) is 3.10. The molecule has 0 aliphatic rings. The molecule has 0 aliphatic carbocycles. The smallest absolute Gasteiger partial charge is 0.282 e. The lowest BCUT2D eigenvalue weighted by molar-refractivity contribution is -0.385. The van der Waals surface area contributed by atoms with Crippen molar-refractivity contribution in [3.63, 3.8) is 0 Å². The van der Waals surface area contributed by atoms with Gasteiger partial charge in [-0.1, -0.05) is 12.1 Å². The second-order valence-electron chi connectivity index (χ2n) is 4.55. The molecular weight excluding hydrogens is 298 g/mol. The molecule has 3 rings (SSSR count). The van der Waals surface area contributed by atoms with Crippen molar-refractivity contribution < 1.29 is 9.72 Å². The highest BCUT2D eigenvalue weighted by atomic mass is 16.6. The Morgan fingerprint density at radius 1 is 1.13 bits per heavy atom. The molecule has 8 heteroatoms. The van der Waals surface area contributed by atoms with Crippen LogP contribution < -0.4 is 5.32 Å². The summed E-state index contributed by atoms with van der Waals surface area (Å²) >= 11 is 0. The number of nitro benzene ring substituents is 1. The lowest BCUT2D eigenvalue weighted by Gasteiger charge is -2.10. The van der Waals surface area contributed by atoms with Crippen LogP contribution in [0.2, 0.25) is 0 Å². The molecule has 0 atom stereocenters. The monoisotopic (exact) mass is 309 g/mol. The van der Waals surface area contributed by atoms with Gasteiger partial charge < -0.3 is 5.32 Å². The van der Waals surface area contributed by atoms with Gasteiger partial charge in [0.15, 0.2) is 5.82 Å². The number of hydrogen-bond donors (Lipinski definition) is 1. The summed E-state index contributed by atoms with van der Waals surface area (Å²) in [5, 5.41) is 17.7. The Labute approximate surface area is 130 Å². The van der Waals surface area contributed by atoms with Gasteiger partial charge >= 0.3 is 0 Å². The average Bonchev–Trinajstić information content (AvgIpc) is 3.09. The van der Waals surface area contributed by atoms with E-state index in [2.05, 4.69) is 15.4 Å². The van der Waals surface area contributed by atoms with E-state index >= 15 is 0 Å². The summed E-state index contributed by atoms with van der Waals surface area (Å²) in [6.45, 7) is 0. The molecular formula is C15H11N5O3. The molecule has 3 aromatic rings. The van der Waals surface area contributed by atoms with E-state index in [-0.39, 0.29) is 11.3 Å². The standard InChI is InChI=1S/C15H11N5O3/c21-15(11-5-1-2-7-13(11)20(22)23)18-12-6-3-8-16-14(12)19-10-4-9-17-19/h1-10H,(H,18,21). The molecule has 1 aromatic carbocycles. The normalized spacial score (nSPS) is 10.3. The van der Waals surface area contributed by atoms with E-state index in [1.54, 1.807) is 42.9 Å². The summed E-state index contributed by atoms with van der Waals surface area (Å²) in [5.41, 5.74) is 0.127. The maximum absolute atomic E-state index is 12.4. The lowest BCUT2D eigenvalue weighted by atomic mass is 10.1. The van der Waals surface area contributed by atoms with Crippen LogP contribution in [-0.4, -0.2) is 25.6 Å². The van der Waals surface area contributed by atoms with Gasteiger partial charge in [-0.15, -0.1) is 0 Å². The molecule has 2 heterocycles. The minimum Gasteiger partial charge on any atom is -0.319 e. The third kappa shape index (κ3) is 2.91. The van der Waals surface area contributed by atoms with Gasteiger partial charge in [0.05, 0.1) is 10.6 Å². The van der Waals surface area contributed by atoms with Crippen LogP contribution in [0.4, 0.5) is 11.4 Å². The molecule has 23 heavy (non-hydrogen) atoms. The number of nitro groups is 1. The van der Waals surface area contributed by atoms with Gasteiger partial charge in [-0.05, 0) is 24.3 Å². The van der Waals surface area contributed by atoms with E-state index < -0.39 is 10.8 Å². The molecule has 0 saturated heterocycles. The van der Waals surface area contributed by atoms with Crippen LogP contribution >= 0.6 is 0 Å². The molecule has 2 aromatic heterocycles. The first-order chi connectivity index (χ1) is 11.2. The van der Waals surface area contributed by atoms with Crippen LogP contribution in [0, 0.1) is 10.1 Å². The highest BCUT2D eigenvalue weighted by Crippen LogP contribution is 2.21. The number of hydrogen-bond acceptors (Lipinski definition) is 5. The maximum atomic E-state index is 12.4.